The maximum atomic E-state index is 12.4. The Morgan fingerprint density at radius 2 is 2.06 bits per heavy atom. The third-order valence-corrected chi connectivity index (χ3v) is 3.84. The molecule has 1 aliphatic heterocycles. The number of nitrogens with two attached hydrogens (primary N) is 2. The number of hydrogen-bond acceptors (Lipinski definition) is 3. The van der Waals surface area contributed by atoms with Crippen LogP contribution in [0.1, 0.15) is 39.5 Å². The summed E-state index contributed by atoms with van der Waals surface area (Å²) in [6.45, 7) is 4.89. The highest BCUT2D eigenvalue weighted by Crippen LogP contribution is 2.24. The molecule has 104 valence electrons. The smallest absolute Gasteiger partial charge is 0.227 e. The molecule has 3 unspecified atom stereocenters. The van der Waals surface area contributed by atoms with Gasteiger partial charge in [0, 0.05) is 19.1 Å². The van der Waals surface area contributed by atoms with Crippen molar-refractivity contribution in [2.45, 2.75) is 45.6 Å². The molecule has 0 aromatic rings. The van der Waals surface area contributed by atoms with E-state index in [-0.39, 0.29) is 29.7 Å². The van der Waals surface area contributed by atoms with Gasteiger partial charge in [-0.15, -0.1) is 0 Å². The molecule has 1 aliphatic rings. The SMILES string of the molecule is CCCC(CN)C(=O)N1CC(C(N)=O)CCC1C. The van der Waals surface area contributed by atoms with E-state index in [1.165, 1.54) is 0 Å². The minimum atomic E-state index is -0.306. The number of rotatable bonds is 5. The largest absolute Gasteiger partial charge is 0.369 e. The first kappa shape index (κ1) is 15.0. The molecular weight excluding hydrogens is 230 g/mol. The maximum Gasteiger partial charge on any atom is 0.227 e. The van der Waals surface area contributed by atoms with Crippen LogP contribution in [0.4, 0.5) is 0 Å². The van der Waals surface area contributed by atoms with E-state index in [9.17, 15) is 9.59 Å². The van der Waals surface area contributed by atoms with Gasteiger partial charge in [0.1, 0.15) is 0 Å². The molecule has 4 N–H and O–H groups in total. The summed E-state index contributed by atoms with van der Waals surface area (Å²) >= 11 is 0. The van der Waals surface area contributed by atoms with Crippen molar-refractivity contribution in [1.82, 2.24) is 4.90 Å². The number of carbonyl (C=O) groups is 2. The van der Waals surface area contributed by atoms with Gasteiger partial charge in [-0.1, -0.05) is 13.3 Å². The van der Waals surface area contributed by atoms with E-state index in [0.29, 0.717) is 13.1 Å². The van der Waals surface area contributed by atoms with Gasteiger partial charge in [0.25, 0.3) is 0 Å². The Morgan fingerprint density at radius 3 is 2.56 bits per heavy atom. The lowest BCUT2D eigenvalue weighted by molar-refractivity contribution is -0.141. The fraction of sp³-hybridized carbons (Fsp3) is 0.846. The van der Waals surface area contributed by atoms with E-state index >= 15 is 0 Å². The number of primary amides is 1. The lowest BCUT2D eigenvalue weighted by Crippen LogP contribution is -2.51. The predicted molar refractivity (Wildman–Crippen MR) is 70.5 cm³/mol. The highest BCUT2D eigenvalue weighted by atomic mass is 16.2. The quantitative estimate of drug-likeness (QED) is 0.748. The molecule has 1 saturated heterocycles. The van der Waals surface area contributed by atoms with Gasteiger partial charge in [0.05, 0.1) is 11.8 Å². The van der Waals surface area contributed by atoms with E-state index in [4.69, 9.17) is 11.5 Å². The van der Waals surface area contributed by atoms with Crippen molar-refractivity contribution in [3.8, 4) is 0 Å². The molecule has 0 spiro atoms. The highest BCUT2D eigenvalue weighted by molar-refractivity contribution is 5.82. The Bertz CT molecular complexity index is 307. The summed E-state index contributed by atoms with van der Waals surface area (Å²) in [7, 11) is 0. The second-order valence-corrected chi connectivity index (χ2v) is 5.24. The summed E-state index contributed by atoms with van der Waals surface area (Å²) in [6.07, 6.45) is 3.36. The predicted octanol–water partition coefficient (Wildman–Crippen LogP) is 0.474. The van der Waals surface area contributed by atoms with Gasteiger partial charge in [-0.25, -0.2) is 0 Å². The van der Waals surface area contributed by atoms with Gasteiger partial charge in [-0.05, 0) is 26.2 Å². The number of amides is 2. The maximum absolute atomic E-state index is 12.4. The van der Waals surface area contributed by atoms with E-state index in [2.05, 4.69) is 0 Å². The molecule has 1 heterocycles. The second kappa shape index (κ2) is 6.73. The van der Waals surface area contributed by atoms with Crippen molar-refractivity contribution in [2.24, 2.45) is 23.3 Å². The molecule has 0 aliphatic carbocycles. The average Bonchev–Trinajstić information content (AvgIpc) is 2.35. The van der Waals surface area contributed by atoms with Crippen LogP contribution in [0.2, 0.25) is 0 Å². The number of piperidine rings is 1. The molecule has 5 heteroatoms. The van der Waals surface area contributed by atoms with Crippen LogP contribution in [-0.2, 0) is 9.59 Å². The second-order valence-electron chi connectivity index (χ2n) is 5.24. The fourth-order valence-corrected chi connectivity index (χ4v) is 2.57. The van der Waals surface area contributed by atoms with Gasteiger partial charge < -0.3 is 16.4 Å². The zero-order valence-electron chi connectivity index (χ0n) is 11.4. The van der Waals surface area contributed by atoms with Crippen LogP contribution in [-0.4, -0.2) is 35.8 Å². The summed E-state index contributed by atoms with van der Waals surface area (Å²) in [5, 5.41) is 0. The Kier molecular flexibility index (Phi) is 5.59. The number of carbonyl (C=O) groups excluding carboxylic acids is 2. The van der Waals surface area contributed by atoms with Gasteiger partial charge in [-0.3, -0.25) is 9.59 Å². The molecule has 1 rings (SSSR count). The average molecular weight is 255 g/mol. The Labute approximate surface area is 109 Å². The molecule has 1 fully saturated rings. The zero-order valence-corrected chi connectivity index (χ0v) is 11.4. The topological polar surface area (TPSA) is 89.4 Å². The van der Waals surface area contributed by atoms with Crippen LogP contribution in [0, 0.1) is 11.8 Å². The van der Waals surface area contributed by atoms with E-state index in [0.717, 1.165) is 25.7 Å². The normalized spacial score (nSPS) is 25.8. The minimum absolute atomic E-state index is 0.0813. The minimum Gasteiger partial charge on any atom is -0.369 e. The molecular formula is C13H25N3O2. The van der Waals surface area contributed by atoms with Gasteiger partial charge in [0.15, 0.2) is 0 Å². The molecule has 0 bridgehead atoms. The van der Waals surface area contributed by atoms with Crippen molar-refractivity contribution in [3.63, 3.8) is 0 Å². The molecule has 3 atom stereocenters. The standard InChI is InChI=1S/C13H25N3O2/c1-3-4-10(7-14)13(18)16-8-11(12(15)17)6-5-9(16)2/h9-11H,3-8,14H2,1-2H3,(H2,15,17). The first-order valence-corrected chi connectivity index (χ1v) is 6.81. The van der Waals surface area contributed by atoms with E-state index < -0.39 is 0 Å². The van der Waals surface area contributed by atoms with Crippen LogP contribution in [0.25, 0.3) is 0 Å². The van der Waals surface area contributed by atoms with Crippen LogP contribution < -0.4 is 11.5 Å². The molecule has 0 aromatic heterocycles. The summed E-state index contributed by atoms with van der Waals surface area (Å²) in [6, 6.07) is 0.180. The molecule has 18 heavy (non-hydrogen) atoms. The molecule has 2 amide bonds. The van der Waals surface area contributed by atoms with E-state index in [1.807, 2.05) is 13.8 Å². The molecule has 0 aromatic carbocycles. The monoisotopic (exact) mass is 255 g/mol. The lowest BCUT2D eigenvalue weighted by atomic mass is 9.91. The summed E-state index contributed by atoms with van der Waals surface area (Å²) in [5.74, 6) is -0.549. The Balaban J connectivity index is 2.71. The third kappa shape index (κ3) is 3.45. The fourth-order valence-electron chi connectivity index (χ4n) is 2.57. The lowest BCUT2D eigenvalue weighted by Gasteiger charge is -2.38. The van der Waals surface area contributed by atoms with Crippen LogP contribution >= 0.6 is 0 Å². The molecule has 0 saturated carbocycles. The van der Waals surface area contributed by atoms with Crippen molar-refractivity contribution < 1.29 is 9.59 Å². The summed E-state index contributed by atoms with van der Waals surface area (Å²) < 4.78 is 0. The Morgan fingerprint density at radius 1 is 1.39 bits per heavy atom. The first-order chi connectivity index (χ1) is 8.51. The molecule has 0 radical (unpaired) electrons. The van der Waals surface area contributed by atoms with Crippen molar-refractivity contribution in [3.05, 3.63) is 0 Å². The van der Waals surface area contributed by atoms with Crippen molar-refractivity contribution in [2.75, 3.05) is 13.1 Å². The summed E-state index contributed by atoms with van der Waals surface area (Å²) in [5.41, 5.74) is 11.0. The first-order valence-electron chi connectivity index (χ1n) is 6.81. The number of likely N-dealkylation sites (tertiary alicyclic amines) is 1. The zero-order chi connectivity index (χ0) is 13.7. The number of nitrogens with zero attached hydrogens (tertiary/aromatic N) is 1. The number of hydrogen-bond donors (Lipinski definition) is 2. The highest BCUT2D eigenvalue weighted by Gasteiger charge is 2.33. The van der Waals surface area contributed by atoms with Gasteiger partial charge in [-0.2, -0.15) is 0 Å². The van der Waals surface area contributed by atoms with Crippen LogP contribution in [0.5, 0.6) is 0 Å². The van der Waals surface area contributed by atoms with Crippen molar-refractivity contribution >= 4 is 11.8 Å². The van der Waals surface area contributed by atoms with E-state index in [1.54, 1.807) is 4.90 Å². The van der Waals surface area contributed by atoms with Crippen LogP contribution in [0.15, 0.2) is 0 Å². The van der Waals surface area contributed by atoms with Gasteiger partial charge >= 0.3 is 0 Å². The van der Waals surface area contributed by atoms with Gasteiger partial charge in [0.2, 0.25) is 11.8 Å². The van der Waals surface area contributed by atoms with Crippen molar-refractivity contribution in [1.29, 1.82) is 0 Å². The Hall–Kier alpha value is -1.10. The molecule has 5 nitrogen and oxygen atoms in total. The van der Waals surface area contributed by atoms with Crippen LogP contribution in [0.3, 0.4) is 0 Å². The third-order valence-electron chi connectivity index (χ3n) is 3.84. The summed E-state index contributed by atoms with van der Waals surface area (Å²) in [4.78, 5) is 25.4.